The number of aliphatic hydroxyl groups excluding tert-OH is 2. The highest BCUT2D eigenvalue weighted by molar-refractivity contribution is 5.72. The highest BCUT2D eigenvalue weighted by Crippen LogP contribution is 2.58. The maximum atomic E-state index is 14.1. The average Bonchev–Trinajstić information content (AvgIpc) is 3.31. The van der Waals surface area contributed by atoms with Crippen LogP contribution in [0, 0.1) is 5.41 Å². The molecule has 2 aliphatic rings. The summed E-state index contributed by atoms with van der Waals surface area (Å²) in [6.07, 6.45) is -12.2. The second-order valence-electron chi connectivity index (χ2n) is 7.32. The normalized spacial score (nSPS) is 28.9. The fourth-order valence-corrected chi connectivity index (χ4v) is 3.63. The standard InChI is InChI=1S/C15H17F4N5O5/c16-6-5(3-25)29-11(8(6)26)24-9-7(10(27)22-12(20)21-9)23(13(24)28)4-14(1-2-14)15(17,18)19/h5-6,8,11,25-26H,1-4H2,(H3,20,21,22,27)/t5-,6-,8-,11-/m1/s1. The molecule has 160 valence electrons. The Morgan fingerprint density at radius 3 is 2.52 bits per heavy atom. The number of aromatic nitrogens is 4. The lowest BCUT2D eigenvalue weighted by Gasteiger charge is -2.19. The molecule has 0 unspecified atom stereocenters. The van der Waals surface area contributed by atoms with E-state index < -0.39 is 77.7 Å². The number of imidazole rings is 1. The van der Waals surface area contributed by atoms with Gasteiger partial charge in [-0.25, -0.2) is 13.8 Å². The van der Waals surface area contributed by atoms with Gasteiger partial charge in [-0.1, -0.05) is 0 Å². The molecule has 1 aliphatic carbocycles. The minimum absolute atomic E-state index is 0.225. The first-order chi connectivity index (χ1) is 13.5. The molecule has 1 saturated heterocycles. The lowest BCUT2D eigenvalue weighted by molar-refractivity contribution is -0.190. The lowest BCUT2D eigenvalue weighted by Crippen LogP contribution is -2.37. The molecule has 14 heteroatoms. The van der Waals surface area contributed by atoms with Crippen LogP contribution in [0.3, 0.4) is 0 Å². The molecule has 2 aromatic heterocycles. The predicted molar refractivity (Wildman–Crippen MR) is 88.6 cm³/mol. The van der Waals surface area contributed by atoms with E-state index >= 15 is 0 Å². The highest BCUT2D eigenvalue weighted by atomic mass is 19.4. The number of nitrogens with one attached hydrogen (secondary N) is 1. The molecule has 0 amide bonds. The van der Waals surface area contributed by atoms with Crippen molar-refractivity contribution in [3.63, 3.8) is 0 Å². The first-order valence-electron chi connectivity index (χ1n) is 8.66. The molecule has 0 aromatic carbocycles. The largest absolute Gasteiger partial charge is 0.396 e. The second-order valence-corrected chi connectivity index (χ2v) is 7.32. The van der Waals surface area contributed by atoms with Crippen LogP contribution in [0.4, 0.5) is 23.5 Å². The summed E-state index contributed by atoms with van der Waals surface area (Å²) in [7, 11) is 0. The zero-order chi connectivity index (χ0) is 21.3. The van der Waals surface area contributed by atoms with Crippen molar-refractivity contribution in [3.05, 3.63) is 20.8 Å². The van der Waals surface area contributed by atoms with Crippen molar-refractivity contribution in [1.29, 1.82) is 0 Å². The number of nitrogen functional groups attached to an aromatic ring is 1. The van der Waals surface area contributed by atoms with Crippen LogP contribution >= 0.6 is 0 Å². The number of hydrogen-bond donors (Lipinski definition) is 4. The molecule has 10 nitrogen and oxygen atoms in total. The van der Waals surface area contributed by atoms with E-state index in [9.17, 15) is 32.3 Å². The van der Waals surface area contributed by atoms with Gasteiger partial charge >= 0.3 is 11.9 Å². The molecule has 1 saturated carbocycles. The van der Waals surface area contributed by atoms with Gasteiger partial charge in [0, 0.05) is 6.54 Å². The summed E-state index contributed by atoms with van der Waals surface area (Å²) in [5, 5.41) is 19.3. The Morgan fingerprint density at radius 1 is 1.34 bits per heavy atom. The second kappa shape index (κ2) is 6.27. The van der Waals surface area contributed by atoms with E-state index in [1.54, 1.807) is 0 Å². The Hall–Kier alpha value is -2.45. The Kier molecular flexibility index (Phi) is 4.29. The number of ether oxygens (including phenoxy) is 1. The van der Waals surface area contributed by atoms with E-state index in [1.807, 2.05) is 0 Å². The number of nitrogens with two attached hydrogens (primary N) is 1. The number of nitrogens with zero attached hydrogens (tertiary/aromatic N) is 3. The Bertz CT molecular complexity index is 1070. The number of rotatable bonds is 4. The maximum Gasteiger partial charge on any atom is 0.396 e. The molecule has 0 radical (unpaired) electrons. The summed E-state index contributed by atoms with van der Waals surface area (Å²) >= 11 is 0. The Labute approximate surface area is 158 Å². The highest BCUT2D eigenvalue weighted by Gasteiger charge is 2.63. The van der Waals surface area contributed by atoms with Crippen LogP contribution in [0.15, 0.2) is 9.59 Å². The van der Waals surface area contributed by atoms with Gasteiger partial charge < -0.3 is 20.7 Å². The van der Waals surface area contributed by atoms with Crippen molar-refractivity contribution in [3.8, 4) is 0 Å². The van der Waals surface area contributed by atoms with Gasteiger partial charge in [-0.15, -0.1) is 0 Å². The van der Waals surface area contributed by atoms with Crippen molar-refractivity contribution in [2.45, 2.75) is 50.2 Å². The summed E-state index contributed by atoms with van der Waals surface area (Å²) in [5.41, 5.74) is 0.247. The molecule has 29 heavy (non-hydrogen) atoms. The molecule has 4 atom stereocenters. The third kappa shape index (κ3) is 2.85. The van der Waals surface area contributed by atoms with Crippen molar-refractivity contribution < 1.29 is 32.5 Å². The fourth-order valence-electron chi connectivity index (χ4n) is 3.63. The molecular formula is C15H17F4N5O5. The van der Waals surface area contributed by atoms with E-state index in [0.29, 0.717) is 9.13 Å². The quantitative estimate of drug-likeness (QED) is 0.480. The number of fused-ring (bicyclic) bond motifs is 1. The molecule has 1 aliphatic heterocycles. The molecule has 0 spiro atoms. The van der Waals surface area contributed by atoms with E-state index in [2.05, 4.69) is 9.97 Å². The van der Waals surface area contributed by atoms with Gasteiger partial charge in [0.1, 0.15) is 12.2 Å². The topological polar surface area (TPSA) is 148 Å². The summed E-state index contributed by atoms with van der Waals surface area (Å²) in [6, 6.07) is 0. The van der Waals surface area contributed by atoms with Crippen LogP contribution in [0.25, 0.3) is 11.2 Å². The minimum Gasteiger partial charge on any atom is -0.394 e. The molecule has 5 N–H and O–H groups in total. The van der Waals surface area contributed by atoms with E-state index in [0.717, 1.165) is 0 Å². The summed E-state index contributed by atoms with van der Waals surface area (Å²) in [6.45, 7) is -1.66. The number of aliphatic hydroxyl groups is 2. The van der Waals surface area contributed by atoms with Gasteiger partial charge in [0.2, 0.25) is 5.95 Å². The molecule has 4 rings (SSSR count). The van der Waals surface area contributed by atoms with Crippen molar-refractivity contribution in [2.75, 3.05) is 12.3 Å². The van der Waals surface area contributed by atoms with Crippen molar-refractivity contribution in [2.24, 2.45) is 5.41 Å². The predicted octanol–water partition coefficient (Wildman–Crippen LogP) is -0.600. The number of alkyl halides is 4. The molecular weight excluding hydrogens is 406 g/mol. The van der Waals surface area contributed by atoms with Gasteiger partial charge in [-0.05, 0) is 12.8 Å². The van der Waals surface area contributed by atoms with E-state index in [-0.39, 0.29) is 12.8 Å². The SMILES string of the molecule is Nc1nc2c(c(=O)[nH]1)n(CC1(C(F)(F)F)CC1)c(=O)n2[C@@H]1O[C@H](CO)[C@@H](F)[C@H]1O. The van der Waals surface area contributed by atoms with Gasteiger partial charge in [-0.3, -0.25) is 14.3 Å². The van der Waals surface area contributed by atoms with Crippen LogP contribution in [0.5, 0.6) is 0 Å². The van der Waals surface area contributed by atoms with Crippen LogP contribution in [0.1, 0.15) is 19.1 Å². The summed E-state index contributed by atoms with van der Waals surface area (Å²) < 4.78 is 60.7. The number of anilines is 1. The molecule has 2 fully saturated rings. The number of halogens is 4. The number of aromatic amines is 1. The van der Waals surface area contributed by atoms with Gasteiger partial charge in [-0.2, -0.15) is 18.2 Å². The number of hydrogen-bond acceptors (Lipinski definition) is 7. The van der Waals surface area contributed by atoms with Crippen LogP contribution in [-0.2, 0) is 11.3 Å². The monoisotopic (exact) mass is 423 g/mol. The zero-order valence-electron chi connectivity index (χ0n) is 14.7. The summed E-state index contributed by atoms with van der Waals surface area (Å²) in [4.78, 5) is 31.2. The first kappa shape index (κ1) is 19.8. The Morgan fingerprint density at radius 2 is 2.00 bits per heavy atom. The third-order valence-electron chi connectivity index (χ3n) is 5.47. The van der Waals surface area contributed by atoms with Gasteiger partial charge in [0.05, 0.1) is 12.0 Å². The molecule has 0 bridgehead atoms. The first-order valence-corrected chi connectivity index (χ1v) is 8.66. The zero-order valence-corrected chi connectivity index (χ0v) is 14.7. The minimum atomic E-state index is -4.61. The fraction of sp³-hybridized carbons (Fsp3) is 0.667. The van der Waals surface area contributed by atoms with E-state index in [4.69, 9.17) is 15.6 Å². The van der Waals surface area contributed by atoms with Crippen LogP contribution in [0.2, 0.25) is 0 Å². The van der Waals surface area contributed by atoms with Crippen LogP contribution < -0.4 is 17.0 Å². The van der Waals surface area contributed by atoms with Gasteiger partial charge in [0.15, 0.2) is 23.6 Å². The van der Waals surface area contributed by atoms with Crippen LogP contribution in [-0.4, -0.2) is 60.5 Å². The van der Waals surface area contributed by atoms with Gasteiger partial charge in [0.25, 0.3) is 5.56 Å². The summed E-state index contributed by atoms with van der Waals surface area (Å²) in [5.74, 6) is -0.437. The third-order valence-corrected chi connectivity index (χ3v) is 5.47. The average molecular weight is 423 g/mol. The maximum absolute atomic E-state index is 14.1. The molecule has 2 aromatic rings. The smallest absolute Gasteiger partial charge is 0.394 e. The number of H-pyrrole nitrogens is 1. The lowest BCUT2D eigenvalue weighted by atomic mass is 10.1. The van der Waals surface area contributed by atoms with Crippen molar-refractivity contribution in [1.82, 2.24) is 19.1 Å². The molecule has 3 heterocycles. The van der Waals surface area contributed by atoms with E-state index in [1.165, 1.54) is 0 Å². The Balaban J connectivity index is 1.92. The van der Waals surface area contributed by atoms with Crippen molar-refractivity contribution >= 4 is 17.1 Å².